The van der Waals surface area contributed by atoms with Crippen LogP contribution < -0.4 is 4.72 Å². The van der Waals surface area contributed by atoms with Crippen molar-refractivity contribution in [2.45, 2.75) is 38.3 Å². The van der Waals surface area contributed by atoms with Crippen LogP contribution in [0.15, 0.2) is 53.6 Å². The third-order valence-electron chi connectivity index (χ3n) is 3.62. The van der Waals surface area contributed by atoms with Crippen molar-refractivity contribution >= 4 is 16.0 Å². The summed E-state index contributed by atoms with van der Waals surface area (Å²) in [5.41, 5.74) is 1.55. The van der Waals surface area contributed by atoms with Gasteiger partial charge in [-0.2, -0.15) is 4.72 Å². The molecule has 6 nitrogen and oxygen atoms in total. The van der Waals surface area contributed by atoms with E-state index >= 15 is 0 Å². The number of carbonyl (C=O) groups excluding carboxylic acids is 1. The Balaban J connectivity index is 2.09. The van der Waals surface area contributed by atoms with Crippen LogP contribution in [0, 0.1) is 12.8 Å². The van der Waals surface area contributed by atoms with Crippen LogP contribution in [0.25, 0.3) is 0 Å². The van der Waals surface area contributed by atoms with E-state index in [9.17, 15) is 13.2 Å². The van der Waals surface area contributed by atoms with Gasteiger partial charge in [0.1, 0.15) is 12.6 Å². The van der Waals surface area contributed by atoms with Crippen molar-refractivity contribution in [3.8, 4) is 0 Å². The normalized spacial score (nSPS) is 12.8. The molecule has 1 atom stereocenters. The highest BCUT2D eigenvalue weighted by molar-refractivity contribution is 7.89. The zero-order valence-electron chi connectivity index (χ0n) is 14.5. The molecule has 0 aliphatic carbocycles. The fourth-order valence-corrected chi connectivity index (χ4v) is 3.46. The molecule has 0 saturated heterocycles. The van der Waals surface area contributed by atoms with Crippen LogP contribution in [0.3, 0.4) is 0 Å². The van der Waals surface area contributed by atoms with Crippen LogP contribution >= 0.6 is 0 Å². The molecule has 0 spiro atoms. The van der Waals surface area contributed by atoms with Gasteiger partial charge in [0.05, 0.1) is 10.6 Å². The fraction of sp³-hybridized carbons (Fsp3) is 0.333. The third-order valence-corrected chi connectivity index (χ3v) is 5.08. The lowest BCUT2D eigenvalue weighted by Crippen LogP contribution is -2.45. The summed E-state index contributed by atoms with van der Waals surface area (Å²) >= 11 is 0. The molecule has 0 unspecified atom stereocenters. The molecule has 1 aromatic carbocycles. The molecule has 0 bridgehead atoms. The van der Waals surface area contributed by atoms with Crippen molar-refractivity contribution in [1.82, 2.24) is 9.71 Å². The lowest BCUT2D eigenvalue weighted by atomic mass is 10.1. The van der Waals surface area contributed by atoms with Gasteiger partial charge in [-0.25, -0.2) is 8.42 Å². The van der Waals surface area contributed by atoms with E-state index in [2.05, 4.69) is 9.71 Å². The fourth-order valence-electron chi connectivity index (χ4n) is 2.13. The first-order valence-corrected chi connectivity index (χ1v) is 9.43. The van der Waals surface area contributed by atoms with E-state index in [1.165, 1.54) is 12.1 Å². The van der Waals surface area contributed by atoms with Crippen molar-refractivity contribution < 1.29 is 17.9 Å². The average molecular weight is 362 g/mol. The monoisotopic (exact) mass is 362 g/mol. The second-order valence-electron chi connectivity index (χ2n) is 6.08. The predicted molar refractivity (Wildman–Crippen MR) is 94.2 cm³/mol. The Bertz CT molecular complexity index is 803. The lowest BCUT2D eigenvalue weighted by molar-refractivity contribution is -0.148. The van der Waals surface area contributed by atoms with Crippen molar-refractivity contribution in [2.24, 2.45) is 5.92 Å². The van der Waals surface area contributed by atoms with E-state index in [0.717, 1.165) is 5.56 Å². The number of nitrogens with zero attached hydrogens (tertiary/aromatic N) is 1. The van der Waals surface area contributed by atoms with Crippen LogP contribution in [-0.2, 0) is 26.2 Å². The number of aromatic nitrogens is 1. The highest BCUT2D eigenvalue weighted by Gasteiger charge is 2.29. The number of hydrogen-bond acceptors (Lipinski definition) is 5. The van der Waals surface area contributed by atoms with E-state index in [4.69, 9.17) is 4.74 Å². The average Bonchev–Trinajstić information content (AvgIpc) is 2.58. The maximum Gasteiger partial charge on any atom is 0.324 e. The van der Waals surface area contributed by atoms with Gasteiger partial charge >= 0.3 is 5.97 Å². The second kappa shape index (κ2) is 8.22. The maximum absolute atomic E-state index is 12.5. The highest BCUT2D eigenvalue weighted by Crippen LogP contribution is 2.14. The molecule has 0 saturated carbocycles. The molecular weight excluding hydrogens is 340 g/mol. The molecular formula is C18H22N2O4S. The third kappa shape index (κ3) is 5.37. The predicted octanol–water partition coefficient (Wildman–Crippen LogP) is 2.44. The van der Waals surface area contributed by atoms with E-state index in [-0.39, 0.29) is 17.4 Å². The Kier molecular flexibility index (Phi) is 6.27. The number of nitrogens with one attached hydrogen (secondary N) is 1. The van der Waals surface area contributed by atoms with E-state index < -0.39 is 22.0 Å². The van der Waals surface area contributed by atoms with Crippen molar-refractivity contribution in [3.63, 3.8) is 0 Å². The molecule has 1 aromatic heterocycles. The van der Waals surface area contributed by atoms with Crippen molar-refractivity contribution in [3.05, 3.63) is 59.9 Å². The number of rotatable bonds is 7. The molecule has 2 rings (SSSR count). The van der Waals surface area contributed by atoms with Gasteiger partial charge in [0, 0.05) is 6.20 Å². The first-order chi connectivity index (χ1) is 11.8. The van der Waals surface area contributed by atoms with Crippen LogP contribution in [0.1, 0.15) is 25.1 Å². The van der Waals surface area contributed by atoms with Crippen molar-refractivity contribution in [1.29, 1.82) is 0 Å². The van der Waals surface area contributed by atoms with Crippen LogP contribution in [0.5, 0.6) is 0 Å². The summed E-state index contributed by atoms with van der Waals surface area (Å²) in [5, 5.41) is 0. The molecule has 0 fully saturated rings. The number of ether oxygens (including phenoxy) is 1. The molecule has 0 radical (unpaired) electrons. The summed E-state index contributed by atoms with van der Waals surface area (Å²) in [4.78, 5) is 16.5. The van der Waals surface area contributed by atoms with Crippen LogP contribution in [-0.4, -0.2) is 25.4 Å². The number of sulfonamides is 1. The van der Waals surface area contributed by atoms with E-state index in [1.807, 2.05) is 6.92 Å². The summed E-state index contributed by atoms with van der Waals surface area (Å²) in [6, 6.07) is 10.7. The summed E-state index contributed by atoms with van der Waals surface area (Å²) in [6.07, 6.45) is 1.60. The standard InChI is InChI=1S/C18H22N2O4S/c1-13(2)17(18(21)24-12-15-6-4-5-11-19-15)20-25(22,23)16-9-7-14(3)8-10-16/h4-11,13,17,20H,12H2,1-3H3/t17-/m0/s1. The van der Waals surface area contributed by atoms with Crippen molar-refractivity contribution in [2.75, 3.05) is 0 Å². The Hall–Kier alpha value is -2.25. The number of benzene rings is 1. The number of carbonyl (C=O) groups is 1. The molecule has 0 aliphatic heterocycles. The van der Waals surface area contributed by atoms with Crippen LogP contribution in [0.4, 0.5) is 0 Å². The minimum absolute atomic E-state index is 0.00481. The Morgan fingerprint density at radius 3 is 2.40 bits per heavy atom. The highest BCUT2D eigenvalue weighted by atomic mass is 32.2. The zero-order valence-corrected chi connectivity index (χ0v) is 15.3. The van der Waals surface area contributed by atoms with Gasteiger partial charge in [0.25, 0.3) is 0 Å². The van der Waals surface area contributed by atoms with Gasteiger partial charge in [0.15, 0.2) is 0 Å². The van der Waals surface area contributed by atoms with Gasteiger partial charge in [-0.1, -0.05) is 37.6 Å². The first kappa shape index (κ1) is 19.1. The molecule has 7 heteroatoms. The smallest absolute Gasteiger partial charge is 0.324 e. The van der Waals surface area contributed by atoms with E-state index in [0.29, 0.717) is 5.69 Å². The quantitative estimate of drug-likeness (QED) is 0.765. The Morgan fingerprint density at radius 1 is 1.16 bits per heavy atom. The molecule has 0 aliphatic rings. The minimum atomic E-state index is -3.82. The first-order valence-electron chi connectivity index (χ1n) is 7.95. The summed E-state index contributed by atoms with van der Waals surface area (Å²) in [5.74, 6) is -0.896. The largest absolute Gasteiger partial charge is 0.458 e. The Labute approximate surface area is 148 Å². The van der Waals surface area contributed by atoms with Gasteiger partial charge in [-0.05, 0) is 37.1 Å². The molecule has 0 amide bonds. The summed E-state index contributed by atoms with van der Waals surface area (Å²) in [7, 11) is -3.82. The lowest BCUT2D eigenvalue weighted by Gasteiger charge is -2.20. The van der Waals surface area contributed by atoms with Gasteiger partial charge in [-0.3, -0.25) is 9.78 Å². The number of esters is 1. The zero-order chi connectivity index (χ0) is 18.4. The van der Waals surface area contributed by atoms with E-state index in [1.54, 1.807) is 50.4 Å². The van der Waals surface area contributed by atoms with Crippen LogP contribution in [0.2, 0.25) is 0 Å². The molecule has 1 N–H and O–H groups in total. The minimum Gasteiger partial charge on any atom is -0.458 e. The number of aryl methyl sites for hydroxylation is 1. The van der Waals surface area contributed by atoms with Gasteiger partial charge < -0.3 is 4.74 Å². The Morgan fingerprint density at radius 2 is 1.84 bits per heavy atom. The molecule has 2 aromatic rings. The maximum atomic E-state index is 12.5. The molecule has 25 heavy (non-hydrogen) atoms. The summed E-state index contributed by atoms with van der Waals surface area (Å²) in [6.45, 7) is 5.37. The van der Waals surface area contributed by atoms with Gasteiger partial charge in [-0.15, -0.1) is 0 Å². The molecule has 1 heterocycles. The second-order valence-corrected chi connectivity index (χ2v) is 7.80. The number of hydrogen-bond donors (Lipinski definition) is 1. The molecule has 134 valence electrons. The number of pyridine rings is 1. The summed E-state index contributed by atoms with van der Waals surface area (Å²) < 4.78 is 32.7. The SMILES string of the molecule is Cc1ccc(S(=O)(=O)N[C@H](C(=O)OCc2ccccn2)C(C)C)cc1. The topological polar surface area (TPSA) is 85.4 Å². The van der Waals surface area contributed by atoms with Gasteiger partial charge in [0.2, 0.25) is 10.0 Å².